The number of rotatable bonds is 7. The van der Waals surface area contributed by atoms with Crippen LogP contribution in [0.3, 0.4) is 0 Å². The van der Waals surface area contributed by atoms with E-state index >= 15 is 0 Å². The fraction of sp³-hybridized carbons (Fsp3) is 0.286. The summed E-state index contributed by atoms with van der Waals surface area (Å²) in [4.78, 5) is 27.3. The Kier molecular flexibility index (Phi) is 7.41. The maximum atomic E-state index is 13.1. The molecule has 0 aromatic carbocycles. The van der Waals surface area contributed by atoms with Gasteiger partial charge in [-0.1, -0.05) is 6.07 Å². The summed E-state index contributed by atoms with van der Waals surface area (Å²) in [7, 11) is 1.20. The molecular formula is C21H18F6N6O2. The van der Waals surface area contributed by atoms with Crippen LogP contribution in [-0.4, -0.2) is 45.2 Å². The second-order valence-electron chi connectivity index (χ2n) is 7.19. The molecule has 3 aromatic heterocycles. The van der Waals surface area contributed by atoms with Gasteiger partial charge in [-0.2, -0.15) is 26.3 Å². The van der Waals surface area contributed by atoms with Gasteiger partial charge in [0.05, 0.1) is 19.2 Å². The lowest BCUT2D eigenvalue weighted by molar-refractivity contribution is -0.141. The predicted octanol–water partition coefficient (Wildman–Crippen LogP) is 4.77. The molecule has 0 aliphatic rings. The summed E-state index contributed by atoms with van der Waals surface area (Å²) >= 11 is 0. The van der Waals surface area contributed by atoms with E-state index in [1.54, 1.807) is 0 Å². The summed E-state index contributed by atoms with van der Waals surface area (Å²) in [5, 5.41) is 4.82. The molecule has 0 spiro atoms. The first-order valence-electron chi connectivity index (χ1n) is 9.91. The zero-order valence-corrected chi connectivity index (χ0v) is 18.2. The van der Waals surface area contributed by atoms with Crippen LogP contribution in [0.25, 0.3) is 11.5 Å². The largest absolute Gasteiger partial charge is 0.469 e. The maximum absolute atomic E-state index is 13.1. The molecule has 0 amide bonds. The van der Waals surface area contributed by atoms with Crippen molar-refractivity contribution in [1.82, 2.24) is 19.9 Å². The van der Waals surface area contributed by atoms with E-state index in [0.29, 0.717) is 5.69 Å². The van der Waals surface area contributed by atoms with Gasteiger partial charge in [-0.15, -0.1) is 0 Å². The molecule has 1 unspecified atom stereocenters. The summed E-state index contributed by atoms with van der Waals surface area (Å²) in [5.74, 6) is -1.06. The van der Waals surface area contributed by atoms with Crippen molar-refractivity contribution in [2.24, 2.45) is 0 Å². The SMILES string of the molecule is COC(=O)Cc1cccc(-c2nc(Nc3ccnc(C(F)(F)F)c3)cc(NC(C)C(F)(F)F)n2)n1. The average Bonchev–Trinajstić information content (AvgIpc) is 2.78. The molecule has 3 aromatic rings. The van der Waals surface area contributed by atoms with Crippen LogP contribution in [0.4, 0.5) is 43.7 Å². The highest BCUT2D eigenvalue weighted by Gasteiger charge is 2.36. The first-order chi connectivity index (χ1) is 16.3. The minimum Gasteiger partial charge on any atom is -0.469 e. The van der Waals surface area contributed by atoms with Gasteiger partial charge in [0.15, 0.2) is 5.82 Å². The normalized spacial score (nSPS) is 12.7. The van der Waals surface area contributed by atoms with Crippen molar-refractivity contribution in [3.05, 3.63) is 54.0 Å². The van der Waals surface area contributed by atoms with Crippen LogP contribution in [-0.2, 0) is 22.1 Å². The number of ether oxygens (including phenoxy) is 1. The number of nitrogens with one attached hydrogen (secondary N) is 2. The Morgan fingerprint density at radius 3 is 2.40 bits per heavy atom. The molecule has 0 aliphatic heterocycles. The van der Waals surface area contributed by atoms with E-state index in [-0.39, 0.29) is 35.3 Å². The zero-order valence-electron chi connectivity index (χ0n) is 18.2. The van der Waals surface area contributed by atoms with E-state index < -0.39 is 30.1 Å². The summed E-state index contributed by atoms with van der Waals surface area (Å²) in [6.45, 7) is 0.878. The van der Waals surface area contributed by atoms with Gasteiger partial charge in [0.1, 0.15) is 29.1 Å². The van der Waals surface area contributed by atoms with Crippen molar-refractivity contribution in [3.8, 4) is 11.5 Å². The number of carbonyl (C=O) groups excluding carboxylic acids is 1. The predicted molar refractivity (Wildman–Crippen MR) is 113 cm³/mol. The number of hydrogen-bond donors (Lipinski definition) is 2. The van der Waals surface area contributed by atoms with Crippen LogP contribution in [0, 0.1) is 0 Å². The van der Waals surface area contributed by atoms with Crippen molar-refractivity contribution >= 4 is 23.3 Å². The van der Waals surface area contributed by atoms with Crippen LogP contribution in [0.1, 0.15) is 18.3 Å². The van der Waals surface area contributed by atoms with Gasteiger partial charge >= 0.3 is 18.3 Å². The number of carbonyl (C=O) groups is 1. The quantitative estimate of drug-likeness (QED) is 0.353. The van der Waals surface area contributed by atoms with Crippen molar-refractivity contribution in [3.63, 3.8) is 0 Å². The Morgan fingerprint density at radius 1 is 1.03 bits per heavy atom. The van der Waals surface area contributed by atoms with E-state index in [4.69, 9.17) is 0 Å². The molecule has 186 valence electrons. The minimum absolute atomic E-state index is 0.0563. The zero-order chi connectivity index (χ0) is 25.8. The Morgan fingerprint density at radius 2 is 1.74 bits per heavy atom. The number of hydrogen-bond acceptors (Lipinski definition) is 8. The average molecular weight is 500 g/mol. The van der Waals surface area contributed by atoms with Crippen molar-refractivity contribution in [1.29, 1.82) is 0 Å². The van der Waals surface area contributed by atoms with E-state index in [1.165, 1.54) is 31.4 Å². The highest BCUT2D eigenvalue weighted by molar-refractivity contribution is 5.72. The molecule has 3 rings (SSSR count). The molecule has 0 fully saturated rings. The molecular weight excluding hydrogens is 482 g/mol. The van der Waals surface area contributed by atoms with E-state index in [0.717, 1.165) is 25.3 Å². The first-order valence-corrected chi connectivity index (χ1v) is 9.91. The second kappa shape index (κ2) is 10.1. The van der Waals surface area contributed by atoms with Crippen LogP contribution >= 0.6 is 0 Å². The standard InChI is InChI=1S/C21H18F6N6O2/c1-11(20(22,23)24)29-16-10-17(31-13-6-7-28-15(8-13)21(25,26)27)33-19(32-16)14-5-3-4-12(30-14)9-18(34)35-2/h3-8,10-11H,9H2,1-2H3,(H2,28,29,31,32,33). The molecule has 0 saturated carbocycles. The monoisotopic (exact) mass is 500 g/mol. The number of alkyl halides is 6. The third-order valence-electron chi connectivity index (χ3n) is 4.49. The van der Waals surface area contributed by atoms with Gasteiger partial charge in [0.2, 0.25) is 0 Å². The minimum atomic E-state index is -4.70. The molecule has 14 heteroatoms. The fourth-order valence-corrected chi connectivity index (χ4v) is 2.74. The van der Waals surface area contributed by atoms with Gasteiger partial charge in [0, 0.05) is 18.0 Å². The highest BCUT2D eigenvalue weighted by Crippen LogP contribution is 2.30. The Balaban J connectivity index is 2.01. The third-order valence-corrected chi connectivity index (χ3v) is 4.49. The molecule has 35 heavy (non-hydrogen) atoms. The summed E-state index contributed by atoms with van der Waals surface area (Å²) in [6, 6.07) is 5.61. The Labute approximate surface area is 194 Å². The number of pyridine rings is 2. The van der Waals surface area contributed by atoms with Crippen LogP contribution in [0.15, 0.2) is 42.6 Å². The van der Waals surface area contributed by atoms with E-state index in [1.807, 2.05) is 0 Å². The lowest BCUT2D eigenvalue weighted by atomic mass is 10.2. The van der Waals surface area contributed by atoms with Gasteiger partial charge in [-0.05, 0) is 31.2 Å². The van der Waals surface area contributed by atoms with E-state index in [9.17, 15) is 31.1 Å². The molecule has 0 aliphatic carbocycles. The number of aromatic nitrogens is 4. The van der Waals surface area contributed by atoms with Gasteiger partial charge in [-0.25, -0.2) is 15.0 Å². The fourth-order valence-electron chi connectivity index (χ4n) is 2.74. The van der Waals surface area contributed by atoms with Crippen molar-refractivity contribution in [2.75, 3.05) is 17.7 Å². The molecule has 0 radical (unpaired) electrons. The van der Waals surface area contributed by atoms with Gasteiger partial charge < -0.3 is 15.4 Å². The van der Waals surface area contributed by atoms with Gasteiger partial charge in [-0.3, -0.25) is 9.78 Å². The number of methoxy groups -OCH3 is 1. The topological polar surface area (TPSA) is 102 Å². The highest BCUT2D eigenvalue weighted by atomic mass is 19.4. The third kappa shape index (κ3) is 7.01. The second-order valence-corrected chi connectivity index (χ2v) is 7.19. The summed E-state index contributed by atoms with van der Waals surface area (Å²) in [6.07, 6.45) is -8.54. The van der Waals surface area contributed by atoms with Crippen LogP contribution in [0.2, 0.25) is 0 Å². The maximum Gasteiger partial charge on any atom is 0.433 e. The van der Waals surface area contributed by atoms with Gasteiger partial charge in [0.25, 0.3) is 0 Å². The smallest absolute Gasteiger partial charge is 0.433 e. The number of halogens is 6. The molecule has 8 nitrogen and oxygen atoms in total. The lowest BCUT2D eigenvalue weighted by Gasteiger charge is -2.19. The van der Waals surface area contributed by atoms with Crippen molar-refractivity contribution in [2.45, 2.75) is 31.7 Å². The lowest BCUT2D eigenvalue weighted by Crippen LogP contribution is -2.33. The Bertz CT molecular complexity index is 1200. The molecule has 2 N–H and O–H groups in total. The molecule has 3 heterocycles. The Hall–Kier alpha value is -3.97. The first kappa shape index (κ1) is 25.6. The summed E-state index contributed by atoms with van der Waals surface area (Å²) < 4.78 is 82.8. The number of nitrogens with zero attached hydrogens (tertiary/aromatic N) is 4. The number of anilines is 3. The van der Waals surface area contributed by atoms with Crippen molar-refractivity contribution < 1.29 is 35.9 Å². The molecule has 1 atom stereocenters. The number of esters is 1. The summed E-state index contributed by atoms with van der Waals surface area (Å²) in [5.41, 5.74) is -0.820. The van der Waals surface area contributed by atoms with E-state index in [2.05, 4.69) is 35.3 Å². The molecule has 0 bridgehead atoms. The van der Waals surface area contributed by atoms with Crippen LogP contribution < -0.4 is 10.6 Å². The van der Waals surface area contributed by atoms with Crippen LogP contribution in [0.5, 0.6) is 0 Å². The molecule has 0 saturated heterocycles.